The molecule has 0 aliphatic carbocycles. The predicted octanol–water partition coefficient (Wildman–Crippen LogP) is 5.05. The zero-order valence-corrected chi connectivity index (χ0v) is 14.3. The third-order valence-corrected chi connectivity index (χ3v) is 3.61. The van der Waals surface area contributed by atoms with E-state index in [1.165, 1.54) is 11.6 Å². The van der Waals surface area contributed by atoms with Gasteiger partial charge in [-0.1, -0.05) is 44.5 Å². The second-order valence-corrected chi connectivity index (χ2v) is 5.52. The van der Waals surface area contributed by atoms with Crippen molar-refractivity contribution in [3.05, 3.63) is 65.7 Å². The van der Waals surface area contributed by atoms with Gasteiger partial charge in [-0.2, -0.15) is 0 Å². The van der Waals surface area contributed by atoms with Crippen molar-refractivity contribution in [2.24, 2.45) is 0 Å². The minimum atomic E-state index is -0.387. The summed E-state index contributed by atoms with van der Waals surface area (Å²) in [5.41, 5.74) is 2.14. The van der Waals surface area contributed by atoms with Gasteiger partial charge in [0, 0.05) is 6.08 Å². The topological polar surface area (TPSA) is 35.5 Å². The molecular weight excluding hydrogens is 300 g/mol. The highest BCUT2D eigenvalue weighted by atomic mass is 16.5. The normalized spacial score (nSPS) is 10.8. The molecule has 0 unspecified atom stereocenters. The van der Waals surface area contributed by atoms with Gasteiger partial charge in [0.2, 0.25) is 0 Å². The molecule has 0 heterocycles. The summed E-state index contributed by atoms with van der Waals surface area (Å²) in [4.78, 5) is 11.8. The van der Waals surface area contributed by atoms with Crippen LogP contribution in [0.25, 0.3) is 6.08 Å². The number of rotatable bonds is 8. The molecule has 0 fully saturated rings. The van der Waals surface area contributed by atoms with Gasteiger partial charge >= 0.3 is 5.97 Å². The van der Waals surface area contributed by atoms with Crippen LogP contribution in [0, 0.1) is 0 Å². The third kappa shape index (κ3) is 5.92. The van der Waals surface area contributed by atoms with Crippen LogP contribution in [0.2, 0.25) is 0 Å². The van der Waals surface area contributed by atoms with E-state index >= 15 is 0 Å². The van der Waals surface area contributed by atoms with Gasteiger partial charge in [0.25, 0.3) is 0 Å². The van der Waals surface area contributed by atoms with Crippen LogP contribution in [0.15, 0.2) is 54.6 Å². The van der Waals surface area contributed by atoms with Gasteiger partial charge in [0.15, 0.2) is 0 Å². The summed E-state index contributed by atoms with van der Waals surface area (Å²) in [5.74, 6) is 1.02. The van der Waals surface area contributed by atoms with Gasteiger partial charge in [-0.3, -0.25) is 0 Å². The van der Waals surface area contributed by atoms with Crippen LogP contribution in [0.5, 0.6) is 11.5 Å². The number of esters is 1. The molecule has 0 saturated heterocycles. The minimum absolute atomic E-state index is 0.387. The molecule has 2 aromatic carbocycles. The molecule has 3 heteroatoms. The van der Waals surface area contributed by atoms with E-state index in [4.69, 9.17) is 9.47 Å². The first-order valence-corrected chi connectivity index (χ1v) is 8.43. The molecule has 0 saturated carbocycles. The molecule has 0 N–H and O–H groups in total. The fourth-order valence-electron chi connectivity index (χ4n) is 2.12. The Morgan fingerprint density at radius 2 is 1.62 bits per heavy atom. The van der Waals surface area contributed by atoms with Crippen molar-refractivity contribution in [1.29, 1.82) is 0 Å². The monoisotopic (exact) mass is 324 g/mol. The maximum absolute atomic E-state index is 11.8. The van der Waals surface area contributed by atoms with Gasteiger partial charge in [0.1, 0.15) is 11.5 Å². The molecule has 126 valence electrons. The average molecular weight is 324 g/mol. The Morgan fingerprint density at radius 3 is 2.25 bits per heavy atom. The van der Waals surface area contributed by atoms with Crippen molar-refractivity contribution in [2.75, 3.05) is 6.61 Å². The predicted molar refractivity (Wildman–Crippen MR) is 97.3 cm³/mol. The zero-order chi connectivity index (χ0) is 17.2. The standard InChI is InChI=1S/C21H24O3/c1-3-5-16-23-19-11-8-18(9-12-19)10-15-21(22)24-20-13-6-17(4-2)7-14-20/h6-15H,3-5,16H2,1-2H3/b15-10+. The minimum Gasteiger partial charge on any atom is -0.494 e. The van der Waals surface area contributed by atoms with Gasteiger partial charge < -0.3 is 9.47 Å². The van der Waals surface area contributed by atoms with Crippen molar-refractivity contribution in [1.82, 2.24) is 0 Å². The van der Waals surface area contributed by atoms with E-state index in [-0.39, 0.29) is 5.97 Å². The molecule has 2 rings (SSSR count). The van der Waals surface area contributed by atoms with Crippen molar-refractivity contribution < 1.29 is 14.3 Å². The molecule has 0 spiro atoms. The van der Waals surface area contributed by atoms with Crippen LogP contribution in [0.4, 0.5) is 0 Å². The van der Waals surface area contributed by atoms with Crippen LogP contribution in [0.3, 0.4) is 0 Å². The maximum Gasteiger partial charge on any atom is 0.336 e. The Hall–Kier alpha value is -2.55. The number of carbonyl (C=O) groups is 1. The van der Waals surface area contributed by atoms with E-state index in [0.717, 1.165) is 37.2 Å². The molecule has 0 aromatic heterocycles. The van der Waals surface area contributed by atoms with Crippen LogP contribution in [-0.2, 0) is 11.2 Å². The second-order valence-electron chi connectivity index (χ2n) is 5.52. The van der Waals surface area contributed by atoms with E-state index in [9.17, 15) is 4.79 Å². The van der Waals surface area contributed by atoms with Gasteiger partial charge in [-0.25, -0.2) is 4.79 Å². The molecule has 0 amide bonds. The molecular formula is C21H24O3. The van der Waals surface area contributed by atoms with E-state index < -0.39 is 0 Å². The Bertz CT molecular complexity index is 654. The smallest absolute Gasteiger partial charge is 0.336 e. The summed E-state index contributed by atoms with van der Waals surface area (Å²) >= 11 is 0. The van der Waals surface area contributed by atoms with Crippen molar-refractivity contribution in [3.8, 4) is 11.5 Å². The molecule has 24 heavy (non-hydrogen) atoms. The summed E-state index contributed by atoms with van der Waals surface area (Å²) in [6.07, 6.45) is 6.29. The Labute approximate surface area is 143 Å². The average Bonchev–Trinajstić information content (AvgIpc) is 2.62. The van der Waals surface area contributed by atoms with Gasteiger partial charge in [0.05, 0.1) is 6.61 Å². The van der Waals surface area contributed by atoms with E-state index in [1.54, 1.807) is 6.08 Å². The van der Waals surface area contributed by atoms with Crippen molar-refractivity contribution in [3.63, 3.8) is 0 Å². The van der Waals surface area contributed by atoms with Gasteiger partial charge in [-0.05, 0) is 54.3 Å². The van der Waals surface area contributed by atoms with Crippen molar-refractivity contribution >= 4 is 12.0 Å². The van der Waals surface area contributed by atoms with Crippen LogP contribution >= 0.6 is 0 Å². The first kappa shape index (κ1) is 17.8. The first-order valence-electron chi connectivity index (χ1n) is 8.43. The Balaban J connectivity index is 1.86. The number of ether oxygens (including phenoxy) is 2. The molecule has 2 aromatic rings. The summed E-state index contributed by atoms with van der Waals surface area (Å²) in [6, 6.07) is 15.2. The molecule has 0 radical (unpaired) electrons. The van der Waals surface area contributed by atoms with E-state index in [0.29, 0.717) is 5.75 Å². The lowest BCUT2D eigenvalue weighted by Gasteiger charge is -2.05. The van der Waals surface area contributed by atoms with E-state index in [2.05, 4.69) is 13.8 Å². The summed E-state index contributed by atoms with van der Waals surface area (Å²) in [7, 11) is 0. The lowest BCUT2D eigenvalue weighted by molar-refractivity contribution is -0.128. The lowest BCUT2D eigenvalue weighted by atomic mass is 10.2. The van der Waals surface area contributed by atoms with Crippen molar-refractivity contribution in [2.45, 2.75) is 33.1 Å². The SMILES string of the molecule is CCCCOc1ccc(/C=C/C(=O)Oc2ccc(CC)cc2)cc1. The number of carbonyl (C=O) groups excluding carboxylic acids is 1. The largest absolute Gasteiger partial charge is 0.494 e. The summed E-state index contributed by atoms with van der Waals surface area (Å²) in [6.45, 7) is 4.95. The molecule has 3 nitrogen and oxygen atoms in total. The summed E-state index contributed by atoms with van der Waals surface area (Å²) in [5, 5.41) is 0. The number of benzene rings is 2. The van der Waals surface area contributed by atoms with Crippen LogP contribution < -0.4 is 9.47 Å². The third-order valence-electron chi connectivity index (χ3n) is 3.61. The van der Waals surface area contributed by atoms with Gasteiger partial charge in [-0.15, -0.1) is 0 Å². The Morgan fingerprint density at radius 1 is 0.958 bits per heavy atom. The Kier molecular flexibility index (Phi) is 7.09. The highest BCUT2D eigenvalue weighted by Gasteiger charge is 2.01. The quantitative estimate of drug-likeness (QED) is 0.295. The number of hydrogen-bond donors (Lipinski definition) is 0. The lowest BCUT2D eigenvalue weighted by Crippen LogP contribution is -2.03. The molecule has 0 atom stereocenters. The van der Waals surface area contributed by atoms with Crippen LogP contribution in [-0.4, -0.2) is 12.6 Å². The first-order chi connectivity index (χ1) is 11.7. The fourth-order valence-corrected chi connectivity index (χ4v) is 2.12. The maximum atomic E-state index is 11.8. The highest BCUT2D eigenvalue weighted by Crippen LogP contribution is 2.15. The molecule has 0 aliphatic heterocycles. The number of unbranched alkanes of at least 4 members (excludes halogenated alkanes) is 1. The molecule has 0 aliphatic rings. The number of hydrogen-bond acceptors (Lipinski definition) is 3. The van der Waals surface area contributed by atoms with E-state index in [1.807, 2.05) is 48.5 Å². The summed E-state index contributed by atoms with van der Waals surface area (Å²) < 4.78 is 10.9. The van der Waals surface area contributed by atoms with Crippen LogP contribution in [0.1, 0.15) is 37.8 Å². The highest BCUT2D eigenvalue weighted by molar-refractivity contribution is 5.88. The zero-order valence-electron chi connectivity index (χ0n) is 14.3. The molecule has 0 bridgehead atoms. The fraction of sp³-hybridized carbons (Fsp3) is 0.286. The second kappa shape index (κ2) is 9.56. The number of aryl methyl sites for hydroxylation is 1.